The monoisotopic (exact) mass is 602 g/mol. The molecule has 3 N–H and O–H groups in total. The number of aliphatic hydroxyl groups is 1. The van der Waals surface area contributed by atoms with Gasteiger partial charge in [0.2, 0.25) is 0 Å². The number of hydrogen-bond acceptors (Lipinski definition) is 6. The number of nitrogens with one attached hydrogen (secondary N) is 2. The number of amides is 2. The standard InChI is InChI=1S/C34H42N4O4S/c1-21-29(20-43-33-35-11-12-38(33)2)41-31(42-30(21)26-5-3-22(19-39)4-6-26)27-7-9-28(10-8-27)36-32(40)37-34-16-23-13-24(17-34)15-25(14-23)18-34/h3-12,21,23-25,29-31,39H,13-20H2,1-2H3,(H2,36,37,40)/t21-,23?,24?,25?,29+,30+,31+,34?/m1/s1. The number of nitrogens with zero attached hydrogens (tertiary/aromatic N) is 2. The molecule has 5 aliphatic rings. The van der Waals surface area contributed by atoms with Gasteiger partial charge >= 0.3 is 6.03 Å². The molecule has 2 amide bonds. The van der Waals surface area contributed by atoms with Crippen LogP contribution in [0.15, 0.2) is 66.1 Å². The summed E-state index contributed by atoms with van der Waals surface area (Å²) in [6.07, 6.45) is 10.4. The summed E-state index contributed by atoms with van der Waals surface area (Å²) in [5.41, 5.74) is 3.57. The number of aliphatic hydroxyl groups excluding tert-OH is 1. The maximum absolute atomic E-state index is 13.1. The highest BCUT2D eigenvalue weighted by Crippen LogP contribution is 2.55. The summed E-state index contributed by atoms with van der Waals surface area (Å²) in [5.74, 6) is 3.18. The number of imidazole rings is 1. The highest BCUT2D eigenvalue weighted by atomic mass is 32.2. The highest BCUT2D eigenvalue weighted by Gasteiger charge is 2.51. The second-order valence-electron chi connectivity index (χ2n) is 13.4. The third-order valence-electron chi connectivity index (χ3n) is 10.1. The maximum atomic E-state index is 13.1. The van der Waals surface area contributed by atoms with Crippen molar-refractivity contribution in [1.82, 2.24) is 14.9 Å². The van der Waals surface area contributed by atoms with E-state index in [0.29, 0.717) is 0 Å². The van der Waals surface area contributed by atoms with E-state index in [0.717, 1.165) is 70.3 Å². The van der Waals surface area contributed by atoms with Gasteiger partial charge in [-0.1, -0.05) is 55.1 Å². The van der Waals surface area contributed by atoms with E-state index in [2.05, 4.69) is 22.5 Å². The third kappa shape index (κ3) is 6.10. The number of aryl methyl sites for hydroxylation is 1. The maximum Gasteiger partial charge on any atom is 0.319 e. The van der Waals surface area contributed by atoms with Gasteiger partial charge in [0.1, 0.15) is 0 Å². The van der Waals surface area contributed by atoms with Crippen LogP contribution in [0, 0.1) is 23.7 Å². The number of hydrogen-bond donors (Lipinski definition) is 3. The quantitative estimate of drug-likeness (QED) is 0.252. The predicted molar refractivity (Wildman–Crippen MR) is 166 cm³/mol. The van der Waals surface area contributed by atoms with Crippen LogP contribution in [0.5, 0.6) is 0 Å². The lowest BCUT2D eigenvalue weighted by Gasteiger charge is -2.56. The fourth-order valence-electron chi connectivity index (χ4n) is 8.35. The number of urea groups is 1. The molecule has 4 atom stereocenters. The second kappa shape index (κ2) is 11.9. The Morgan fingerprint density at radius 1 is 1.00 bits per heavy atom. The van der Waals surface area contributed by atoms with Crippen molar-refractivity contribution >= 4 is 23.5 Å². The van der Waals surface area contributed by atoms with Gasteiger partial charge in [-0.3, -0.25) is 0 Å². The molecule has 228 valence electrons. The van der Waals surface area contributed by atoms with E-state index >= 15 is 0 Å². The molecule has 4 aliphatic carbocycles. The number of ether oxygens (including phenoxy) is 2. The first-order chi connectivity index (χ1) is 20.9. The van der Waals surface area contributed by atoms with Gasteiger partial charge < -0.3 is 29.8 Å². The molecular weight excluding hydrogens is 560 g/mol. The first-order valence-electron chi connectivity index (χ1n) is 15.7. The summed E-state index contributed by atoms with van der Waals surface area (Å²) in [4.78, 5) is 17.6. The molecule has 43 heavy (non-hydrogen) atoms. The second-order valence-corrected chi connectivity index (χ2v) is 14.3. The van der Waals surface area contributed by atoms with Gasteiger partial charge in [0.05, 0.1) is 18.8 Å². The molecule has 1 aromatic heterocycles. The smallest absolute Gasteiger partial charge is 0.319 e. The van der Waals surface area contributed by atoms with Crippen molar-refractivity contribution in [3.63, 3.8) is 0 Å². The number of carbonyl (C=O) groups excluding carboxylic acids is 1. The van der Waals surface area contributed by atoms with Crippen LogP contribution in [0.25, 0.3) is 0 Å². The van der Waals surface area contributed by atoms with Crippen LogP contribution in [0.2, 0.25) is 0 Å². The molecular formula is C34H42N4O4S. The fraction of sp³-hybridized carbons (Fsp3) is 0.529. The van der Waals surface area contributed by atoms with Gasteiger partial charge in [-0.2, -0.15) is 0 Å². The van der Waals surface area contributed by atoms with E-state index in [1.54, 1.807) is 11.8 Å². The predicted octanol–water partition coefficient (Wildman–Crippen LogP) is 6.59. The van der Waals surface area contributed by atoms with E-state index < -0.39 is 6.29 Å². The van der Waals surface area contributed by atoms with E-state index in [1.807, 2.05) is 72.5 Å². The van der Waals surface area contributed by atoms with Gasteiger partial charge in [-0.05, 0) is 79.5 Å². The van der Waals surface area contributed by atoms with Crippen LogP contribution >= 0.6 is 11.8 Å². The average molecular weight is 603 g/mol. The molecule has 1 aliphatic heterocycles. The molecule has 1 saturated heterocycles. The van der Waals surface area contributed by atoms with Gasteiger partial charge in [0, 0.05) is 47.9 Å². The number of aromatic nitrogens is 2. The largest absolute Gasteiger partial charge is 0.392 e. The Labute approximate surface area is 258 Å². The van der Waals surface area contributed by atoms with Crippen LogP contribution in [0.4, 0.5) is 10.5 Å². The van der Waals surface area contributed by atoms with Crippen molar-refractivity contribution in [1.29, 1.82) is 0 Å². The zero-order chi connectivity index (χ0) is 29.6. The molecule has 8 nitrogen and oxygen atoms in total. The van der Waals surface area contributed by atoms with Crippen molar-refractivity contribution in [2.45, 2.75) is 81.2 Å². The molecule has 2 aromatic carbocycles. The topological polar surface area (TPSA) is 97.6 Å². The molecule has 9 heteroatoms. The van der Waals surface area contributed by atoms with E-state index in [1.165, 1.54) is 19.3 Å². The summed E-state index contributed by atoms with van der Waals surface area (Å²) in [7, 11) is 2.00. The highest BCUT2D eigenvalue weighted by molar-refractivity contribution is 7.99. The average Bonchev–Trinajstić information content (AvgIpc) is 3.40. The SMILES string of the molecule is C[C@@H]1[C@H](CSc2nccn2C)O[C@H](c2ccc(NC(=O)NC34CC5CC(CC(C5)C3)C4)cc2)O[C@@H]1c1ccc(CO)cc1. The third-order valence-corrected chi connectivity index (χ3v) is 11.3. The van der Waals surface area contributed by atoms with Gasteiger partial charge in [-0.25, -0.2) is 9.78 Å². The van der Waals surface area contributed by atoms with Crippen molar-refractivity contribution < 1.29 is 19.4 Å². The number of thioether (sulfide) groups is 1. The van der Waals surface area contributed by atoms with Gasteiger partial charge in [-0.15, -0.1) is 0 Å². The molecule has 3 aromatic rings. The number of benzene rings is 2. The molecule has 8 rings (SSSR count). The Balaban J connectivity index is 1.04. The summed E-state index contributed by atoms with van der Waals surface area (Å²) in [5, 5.41) is 17.0. The fourth-order valence-corrected chi connectivity index (χ4v) is 9.44. The lowest BCUT2D eigenvalue weighted by atomic mass is 9.53. The van der Waals surface area contributed by atoms with E-state index in [9.17, 15) is 9.90 Å². The number of anilines is 1. The van der Waals surface area contributed by atoms with Gasteiger partial charge in [0.15, 0.2) is 11.4 Å². The first-order valence-corrected chi connectivity index (χ1v) is 16.6. The Kier molecular flexibility index (Phi) is 8.01. The number of carbonyl (C=O) groups is 1. The molecule has 4 saturated carbocycles. The van der Waals surface area contributed by atoms with Crippen LogP contribution < -0.4 is 10.6 Å². The van der Waals surface area contributed by atoms with Gasteiger partial charge in [0.25, 0.3) is 0 Å². The van der Waals surface area contributed by atoms with E-state index in [4.69, 9.17) is 9.47 Å². The van der Waals surface area contributed by atoms with Crippen LogP contribution in [0.3, 0.4) is 0 Å². The van der Waals surface area contributed by atoms with Crippen molar-refractivity contribution in [2.75, 3.05) is 11.1 Å². The van der Waals surface area contributed by atoms with Crippen LogP contribution in [-0.2, 0) is 23.1 Å². The Morgan fingerprint density at radius 2 is 1.65 bits per heavy atom. The Morgan fingerprint density at radius 3 is 2.26 bits per heavy atom. The van der Waals surface area contributed by atoms with Crippen LogP contribution in [0.1, 0.15) is 74.5 Å². The minimum atomic E-state index is -0.555. The minimum absolute atomic E-state index is 0.0109. The van der Waals surface area contributed by atoms with Crippen LogP contribution in [-0.4, -0.2) is 38.1 Å². The Bertz CT molecular complexity index is 1390. The summed E-state index contributed by atoms with van der Waals surface area (Å²) in [6, 6.07) is 15.7. The number of rotatable bonds is 8. The normalized spacial score (nSPS) is 33.0. The lowest BCUT2D eigenvalue weighted by Crippen LogP contribution is -2.60. The minimum Gasteiger partial charge on any atom is -0.392 e. The molecule has 4 bridgehead atoms. The first kappa shape index (κ1) is 28.9. The molecule has 0 spiro atoms. The molecule has 5 fully saturated rings. The molecule has 2 heterocycles. The summed E-state index contributed by atoms with van der Waals surface area (Å²) >= 11 is 1.68. The van der Waals surface area contributed by atoms with E-state index in [-0.39, 0.29) is 36.3 Å². The van der Waals surface area contributed by atoms with Crippen molar-refractivity contribution in [3.05, 3.63) is 77.6 Å². The molecule has 0 radical (unpaired) electrons. The Hall–Kier alpha value is -2.85. The summed E-state index contributed by atoms with van der Waals surface area (Å²) < 4.78 is 15.2. The molecule has 0 unspecified atom stereocenters. The zero-order valence-corrected chi connectivity index (χ0v) is 25.8. The summed E-state index contributed by atoms with van der Waals surface area (Å²) in [6.45, 7) is 2.18. The van der Waals surface area contributed by atoms with Crippen molar-refractivity contribution in [3.8, 4) is 0 Å². The lowest BCUT2D eigenvalue weighted by molar-refractivity contribution is -0.268. The van der Waals surface area contributed by atoms with Crippen molar-refractivity contribution in [2.24, 2.45) is 30.7 Å². The zero-order valence-electron chi connectivity index (χ0n) is 24.9.